The van der Waals surface area contributed by atoms with Crippen LogP contribution in [0.15, 0.2) is 42.5 Å². The Balaban J connectivity index is 2.30. The first-order valence-corrected chi connectivity index (χ1v) is 5.47. The van der Waals surface area contributed by atoms with E-state index in [0.29, 0.717) is 11.1 Å². The van der Waals surface area contributed by atoms with Gasteiger partial charge in [0.2, 0.25) is 0 Å². The zero-order valence-corrected chi connectivity index (χ0v) is 9.96. The number of benzene rings is 2. The summed E-state index contributed by atoms with van der Waals surface area (Å²) in [5.74, 6) is -0.751. The molecule has 2 aromatic carbocycles. The normalized spacial score (nSPS) is 11.4. The van der Waals surface area contributed by atoms with Crippen LogP contribution in [0.25, 0.3) is 11.1 Å². The molecule has 2 aromatic rings. The molecule has 0 aliphatic carbocycles. The van der Waals surface area contributed by atoms with E-state index in [0.717, 1.165) is 17.7 Å². The van der Waals surface area contributed by atoms with E-state index in [9.17, 15) is 17.6 Å². The van der Waals surface area contributed by atoms with E-state index in [4.69, 9.17) is 0 Å². The van der Waals surface area contributed by atoms with Gasteiger partial charge in [0.1, 0.15) is 11.6 Å². The average molecular weight is 270 g/mol. The smallest absolute Gasteiger partial charge is 0.406 e. The predicted octanol–water partition coefficient (Wildman–Crippen LogP) is 4.70. The first-order valence-electron chi connectivity index (χ1n) is 5.47. The number of rotatable bonds is 2. The van der Waals surface area contributed by atoms with Gasteiger partial charge in [0.05, 0.1) is 0 Å². The predicted molar refractivity (Wildman–Crippen MR) is 63.3 cm³/mol. The van der Waals surface area contributed by atoms with Crippen LogP contribution in [0.1, 0.15) is 5.56 Å². The van der Waals surface area contributed by atoms with Gasteiger partial charge in [0.15, 0.2) is 0 Å². The van der Waals surface area contributed by atoms with E-state index in [1.165, 1.54) is 18.2 Å². The van der Waals surface area contributed by atoms with Gasteiger partial charge < -0.3 is 4.74 Å². The minimum absolute atomic E-state index is 0.329. The first-order chi connectivity index (χ1) is 8.85. The molecular weight excluding hydrogens is 260 g/mol. The van der Waals surface area contributed by atoms with Crippen LogP contribution in [0, 0.1) is 12.7 Å². The van der Waals surface area contributed by atoms with Crippen molar-refractivity contribution in [1.82, 2.24) is 0 Å². The fourth-order valence-corrected chi connectivity index (χ4v) is 1.70. The van der Waals surface area contributed by atoms with Crippen LogP contribution in [0.5, 0.6) is 5.75 Å². The van der Waals surface area contributed by atoms with Crippen molar-refractivity contribution < 1.29 is 22.3 Å². The molecule has 0 N–H and O–H groups in total. The van der Waals surface area contributed by atoms with Gasteiger partial charge in [-0.15, -0.1) is 13.2 Å². The van der Waals surface area contributed by atoms with E-state index in [1.807, 2.05) is 6.92 Å². The lowest BCUT2D eigenvalue weighted by molar-refractivity contribution is -0.274. The molecule has 0 aromatic heterocycles. The van der Waals surface area contributed by atoms with E-state index in [-0.39, 0.29) is 5.75 Å². The maximum atomic E-state index is 13.6. The molecule has 0 fully saturated rings. The third-order valence-corrected chi connectivity index (χ3v) is 2.52. The lowest BCUT2D eigenvalue weighted by atomic mass is 10.0. The molecule has 0 unspecified atom stereocenters. The van der Waals surface area contributed by atoms with E-state index >= 15 is 0 Å². The Bertz CT molecular complexity index is 573. The van der Waals surface area contributed by atoms with Gasteiger partial charge in [-0.25, -0.2) is 4.39 Å². The summed E-state index contributed by atoms with van der Waals surface area (Å²) in [6, 6.07) is 9.67. The second-order valence-corrected chi connectivity index (χ2v) is 4.06. The van der Waals surface area contributed by atoms with Gasteiger partial charge in [-0.2, -0.15) is 0 Å². The summed E-state index contributed by atoms with van der Waals surface area (Å²) in [6.07, 6.45) is -4.73. The summed E-state index contributed by atoms with van der Waals surface area (Å²) < 4.78 is 53.4. The zero-order valence-electron chi connectivity index (χ0n) is 9.96. The lowest BCUT2D eigenvalue weighted by Crippen LogP contribution is -2.16. The number of alkyl halides is 3. The van der Waals surface area contributed by atoms with Crippen LogP contribution in [-0.4, -0.2) is 6.36 Å². The third kappa shape index (κ3) is 3.47. The number of aryl methyl sites for hydroxylation is 1. The first kappa shape index (κ1) is 13.4. The average Bonchev–Trinajstić information content (AvgIpc) is 2.31. The summed E-state index contributed by atoms with van der Waals surface area (Å²) in [5, 5.41) is 0. The van der Waals surface area contributed by atoms with Crippen molar-refractivity contribution in [1.29, 1.82) is 0 Å². The quantitative estimate of drug-likeness (QED) is 0.719. The van der Waals surface area contributed by atoms with Gasteiger partial charge in [0.25, 0.3) is 0 Å². The third-order valence-electron chi connectivity index (χ3n) is 2.52. The highest BCUT2D eigenvalue weighted by Gasteiger charge is 2.30. The molecule has 0 aliphatic rings. The second kappa shape index (κ2) is 4.91. The molecule has 0 heterocycles. The molecular formula is C14H10F4O. The van der Waals surface area contributed by atoms with Crippen molar-refractivity contribution in [2.24, 2.45) is 0 Å². The van der Waals surface area contributed by atoms with Crippen molar-refractivity contribution in [2.75, 3.05) is 0 Å². The summed E-state index contributed by atoms with van der Waals surface area (Å²) in [5.41, 5.74) is 1.71. The Morgan fingerprint density at radius 2 is 1.58 bits per heavy atom. The fraction of sp³-hybridized carbons (Fsp3) is 0.143. The van der Waals surface area contributed by atoms with Crippen LogP contribution >= 0.6 is 0 Å². The highest BCUT2D eigenvalue weighted by atomic mass is 19.4. The monoisotopic (exact) mass is 270 g/mol. The Labute approximate surface area is 107 Å². The zero-order chi connectivity index (χ0) is 14.0. The van der Waals surface area contributed by atoms with Crippen molar-refractivity contribution in [2.45, 2.75) is 13.3 Å². The minimum atomic E-state index is -4.73. The molecule has 1 nitrogen and oxygen atoms in total. The maximum Gasteiger partial charge on any atom is 0.573 e. The summed E-state index contributed by atoms with van der Waals surface area (Å²) in [6.45, 7) is 1.81. The summed E-state index contributed by atoms with van der Waals surface area (Å²) in [7, 11) is 0. The van der Waals surface area contributed by atoms with Crippen molar-refractivity contribution in [3.8, 4) is 16.9 Å². The van der Waals surface area contributed by atoms with Gasteiger partial charge in [-0.3, -0.25) is 0 Å². The Morgan fingerprint density at radius 3 is 2.16 bits per heavy atom. The summed E-state index contributed by atoms with van der Waals surface area (Å²) >= 11 is 0. The van der Waals surface area contributed by atoms with E-state index in [1.54, 1.807) is 12.1 Å². The van der Waals surface area contributed by atoms with E-state index in [2.05, 4.69) is 4.74 Å². The molecule has 0 saturated carbocycles. The minimum Gasteiger partial charge on any atom is -0.406 e. The van der Waals surface area contributed by atoms with Gasteiger partial charge in [0, 0.05) is 5.56 Å². The van der Waals surface area contributed by atoms with Crippen molar-refractivity contribution in [3.63, 3.8) is 0 Å². The Morgan fingerprint density at radius 1 is 0.947 bits per heavy atom. The van der Waals surface area contributed by atoms with Crippen molar-refractivity contribution in [3.05, 3.63) is 53.8 Å². The molecule has 19 heavy (non-hydrogen) atoms. The summed E-state index contributed by atoms with van der Waals surface area (Å²) in [4.78, 5) is 0. The topological polar surface area (TPSA) is 9.23 Å². The SMILES string of the molecule is Cc1ccc(F)c(-c2ccc(OC(F)(F)F)cc2)c1. The lowest BCUT2D eigenvalue weighted by Gasteiger charge is -2.10. The molecule has 0 amide bonds. The Kier molecular flexibility index (Phi) is 3.46. The van der Waals surface area contributed by atoms with Crippen LogP contribution in [0.2, 0.25) is 0 Å². The molecule has 100 valence electrons. The molecule has 2 rings (SSSR count). The fourth-order valence-electron chi connectivity index (χ4n) is 1.70. The van der Waals surface area contributed by atoms with E-state index < -0.39 is 12.2 Å². The van der Waals surface area contributed by atoms with Crippen LogP contribution in [-0.2, 0) is 0 Å². The van der Waals surface area contributed by atoms with Crippen LogP contribution in [0.4, 0.5) is 17.6 Å². The highest BCUT2D eigenvalue weighted by molar-refractivity contribution is 5.65. The van der Waals surface area contributed by atoms with Gasteiger partial charge >= 0.3 is 6.36 Å². The molecule has 0 aliphatic heterocycles. The molecule has 0 radical (unpaired) electrons. The number of ether oxygens (including phenoxy) is 1. The maximum absolute atomic E-state index is 13.6. The largest absolute Gasteiger partial charge is 0.573 e. The van der Waals surface area contributed by atoms with Crippen LogP contribution < -0.4 is 4.74 Å². The number of hydrogen-bond donors (Lipinski definition) is 0. The van der Waals surface area contributed by atoms with Crippen LogP contribution in [0.3, 0.4) is 0 Å². The number of hydrogen-bond acceptors (Lipinski definition) is 1. The molecule has 0 bridgehead atoms. The highest BCUT2D eigenvalue weighted by Crippen LogP contribution is 2.28. The molecule has 0 saturated heterocycles. The molecule has 0 spiro atoms. The standard InChI is InChI=1S/C14H10F4O/c1-9-2-7-13(15)12(8-9)10-3-5-11(6-4-10)19-14(16,17)18/h2-8H,1H3. The van der Waals surface area contributed by atoms with Gasteiger partial charge in [-0.1, -0.05) is 23.8 Å². The number of halogens is 4. The molecule has 5 heteroatoms. The Hall–Kier alpha value is -2.04. The molecule has 0 atom stereocenters. The van der Waals surface area contributed by atoms with Gasteiger partial charge in [-0.05, 0) is 36.8 Å². The van der Waals surface area contributed by atoms with Crippen molar-refractivity contribution >= 4 is 0 Å². The second-order valence-electron chi connectivity index (χ2n) is 4.06.